The predicted molar refractivity (Wildman–Crippen MR) is 94.1 cm³/mol. The van der Waals surface area contributed by atoms with Gasteiger partial charge in [-0.05, 0) is 31.0 Å². The lowest BCUT2D eigenvalue weighted by molar-refractivity contribution is -0.154. The Hall–Kier alpha value is -2.81. The minimum atomic E-state index is -0.795. The maximum absolute atomic E-state index is 11.7. The third-order valence-corrected chi connectivity index (χ3v) is 5.52. The van der Waals surface area contributed by atoms with Crippen LogP contribution in [-0.2, 0) is 9.53 Å². The van der Waals surface area contributed by atoms with Gasteiger partial charge in [-0.15, -0.1) is 0 Å². The van der Waals surface area contributed by atoms with E-state index in [1.807, 2.05) is 11.0 Å². The molecule has 144 valence electrons. The number of rotatable bonds is 7. The molecule has 2 bridgehead atoms. The maximum atomic E-state index is 11.7. The van der Waals surface area contributed by atoms with Crippen molar-refractivity contribution in [2.45, 2.75) is 18.4 Å². The van der Waals surface area contributed by atoms with Crippen molar-refractivity contribution in [1.29, 1.82) is 0 Å². The quantitative estimate of drug-likeness (QED) is 0.775. The molecule has 9 heteroatoms. The molecule has 2 aliphatic heterocycles. The summed E-state index contributed by atoms with van der Waals surface area (Å²) in [5.41, 5.74) is -0.465. The van der Waals surface area contributed by atoms with Crippen molar-refractivity contribution in [3.8, 4) is 22.9 Å². The standard InChI is InChI=1S/C18H21N3O6/c1-24-10-18-7-17(8-18,15(22)23)9-21(18)16-19-14(20-27-16)11-4-5-12(25-2)13(6-11)26-3/h4-6H,7-10H2,1-3H3,(H,22,23). The van der Waals surface area contributed by atoms with Gasteiger partial charge in [-0.25, -0.2) is 0 Å². The van der Waals surface area contributed by atoms with E-state index in [1.54, 1.807) is 33.5 Å². The van der Waals surface area contributed by atoms with Crippen LogP contribution >= 0.6 is 0 Å². The summed E-state index contributed by atoms with van der Waals surface area (Å²) in [6.07, 6.45) is 1.02. The first-order valence-electron chi connectivity index (χ1n) is 8.53. The van der Waals surface area contributed by atoms with E-state index in [-0.39, 0.29) is 0 Å². The Labute approximate surface area is 155 Å². The summed E-state index contributed by atoms with van der Waals surface area (Å²) >= 11 is 0. The smallest absolute Gasteiger partial charge is 0.324 e. The van der Waals surface area contributed by atoms with E-state index >= 15 is 0 Å². The molecule has 3 heterocycles. The number of nitrogens with zero attached hydrogens (tertiary/aromatic N) is 3. The predicted octanol–water partition coefficient (Wildman–Crippen LogP) is 1.82. The Morgan fingerprint density at radius 3 is 2.63 bits per heavy atom. The molecule has 1 N–H and O–H groups in total. The van der Waals surface area contributed by atoms with E-state index in [1.165, 1.54) is 0 Å². The number of carboxylic acid groups (broad SMARTS) is 1. The van der Waals surface area contributed by atoms with E-state index in [0.717, 1.165) is 0 Å². The molecule has 1 aliphatic carbocycles. The van der Waals surface area contributed by atoms with Crippen LogP contribution in [0.4, 0.5) is 6.01 Å². The largest absolute Gasteiger partial charge is 0.493 e. The Balaban J connectivity index is 1.64. The Bertz CT molecular complexity index is 874. The molecule has 5 rings (SSSR count). The van der Waals surface area contributed by atoms with Crippen LogP contribution in [0, 0.1) is 5.41 Å². The number of benzene rings is 1. The second-order valence-corrected chi connectivity index (χ2v) is 7.15. The van der Waals surface area contributed by atoms with Gasteiger partial charge < -0.3 is 28.7 Å². The zero-order chi connectivity index (χ0) is 19.2. The molecule has 1 aromatic carbocycles. The molecule has 9 nitrogen and oxygen atoms in total. The number of anilines is 1. The monoisotopic (exact) mass is 375 g/mol. The lowest BCUT2D eigenvalue weighted by Gasteiger charge is -2.44. The molecular weight excluding hydrogens is 354 g/mol. The highest BCUT2D eigenvalue weighted by Gasteiger charge is 2.70. The van der Waals surface area contributed by atoms with Gasteiger partial charge in [0.1, 0.15) is 0 Å². The molecule has 3 aliphatic rings. The van der Waals surface area contributed by atoms with Gasteiger partial charge in [-0.1, -0.05) is 5.16 Å². The van der Waals surface area contributed by atoms with Gasteiger partial charge in [-0.2, -0.15) is 4.98 Å². The van der Waals surface area contributed by atoms with Crippen molar-refractivity contribution in [3.05, 3.63) is 18.2 Å². The Morgan fingerprint density at radius 2 is 2.00 bits per heavy atom. The number of carboxylic acids is 1. The molecule has 0 radical (unpaired) electrons. The van der Waals surface area contributed by atoms with Crippen molar-refractivity contribution in [2.24, 2.45) is 5.41 Å². The summed E-state index contributed by atoms with van der Waals surface area (Å²) in [5, 5.41) is 13.6. The zero-order valence-electron chi connectivity index (χ0n) is 15.4. The third kappa shape index (κ3) is 2.53. The van der Waals surface area contributed by atoms with Crippen LogP contribution in [0.5, 0.6) is 11.5 Å². The number of aromatic nitrogens is 2. The molecule has 0 amide bonds. The van der Waals surface area contributed by atoms with Crippen LogP contribution in [0.1, 0.15) is 12.8 Å². The van der Waals surface area contributed by atoms with Crippen LogP contribution in [0.3, 0.4) is 0 Å². The summed E-state index contributed by atoms with van der Waals surface area (Å²) in [5.74, 6) is 0.765. The number of aliphatic carboxylic acids is 1. The number of carbonyl (C=O) groups is 1. The molecule has 2 saturated heterocycles. The van der Waals surface area contributed by atoms with E-state index in [9.17, 15) is 9.90 Å². The van der Waals surface area contributed by atoms with E-state index < -0.39 is 16.9 Å². The molecular formula is C18H21N3O6. The van der Waals surface area contributed by atoms with E-state index in [4.69, 9.17) is 18.7 Å². The van der Waals surface area contributed by atoms with Gasteiger partial charge in [0.2, 0.25) is 5.82 Å². The number of hydrogen-bond donors (Lipinski definition) is 1. The molecule has 3 fully saturated rings. The SMILES string of the molecule is COCC12CC(C(=O)O)(CN1c1nc(-c3ccc(OC)c(OC)c3)no1)C2. The lowest BCUT2D eigenvalue weighted by atomic mass is 9.62. The van der Waals surface area contributed by atoms with Crippen LogP contribution in [0.25, 0.3) is 11.4 Å². The fourth-order valence-corrected chi connectivity index (χ4v) is 4.34. The highest BCUT2D eigenvalue weighted by atomic mass is 16.5. The van der Waals surface area contributed by atoms with Crippen LogP contribution in [-0.4, -0.2) is 61.2 Å². The van der Waals surface area contributed by atoms with Crippen molar-refractivity contribution >= 4 is 12.0 Å². The van der Waals surface area contributed by atoms with Crippen molar-refractivity contribution < 1.29 is 28.6 Å². The minimum absolute atomic E-state index is 0.303. The molecule has 1 saturated carbocycles. The number of hydrogen-bond acceptors (Lipinski definition) is 8. The average Bonchev–Trinajstić information content (AvgIpc) is 3.31. The van der Waals surface area contributed by atoms with Crippen molar-refractivity contribution in [2.75, 3.05) is 39.4 Å². The second kappa shape index (κ2) is 6.12. The zero-order valence-corrected chi connectivity index (χ0v) is 15.4. The van der Waals surface area contributed by atoms with Gasteiger partial charge in [0.15, 0.2) is 11.5 Å². The summed E-state index contributed by atoms with van der Waals surface area (Å²) in [6, 6.07) is 5.64. The number of methoxy groups -OCH3 is 3. The highest BCUT2D eigenvalue weighted by molar-refractivity contribution is 5.80. The third-order valence-electron chi connectivity index (χ3n) is 5.52. The maximum Gasteiger partial charge on any atom is 0.324 e. The van der Waals surface area contributed by atoms with Gasteiger partial charge in [0.25, 0.3) is 0 Å². The van der Waals surface area contributed by atoms with Crippen molar-refractivity contribution in [3.63, 3.8) is 0 Å². The Morgan fingerprint density at radius 1 is 1.26 bits per heavy atom. The molecule has 27 heavy (non-hydrogen) atoms. The first-order chi connectivity index (χ1) is 13.0. The highest BCUT2D eigenvalue weighted by Crippen LogP contribution is 2.60. The van der Waals surface area contributed by atoms with E-state index in [0.29, 0.717) is 54.9 Å². The summed E-state index contributed by atoms with van der Waals surface area (Å²) in [4.78, 5) is 18.1. The lowest BCUT2D eigenvalue weighted by Crippen LogP contribution is -2.55. The molecule has 0 atom stereocenters. The van der Waals surface area contributed by atoms with Crippen LogP contribution in [0.2, 0.25) is 0 Å². The van der Waals surface area contributed by atoms with E-state index in [2.05, 4.69) is 10.1 Å². The van der Waals surface area contributed by atoms with Gasteiger partial charge in [0.05, 0.1) is 31.8 Å². The summed E-state index contributed by atoms with van der Waals surface area (Å²) in [6.45, 7) is 0.745. The van der Waals surface area contributed by atoms with Gasteiger partial charge in [0, 0.05) is 19.2 Å². The van der Waals surface area contributed by atoms with Crippen LogP contribution in [0.15, 0.2) is 22.7 Å². The van der Waals surface area contributed by atoms with Gasteiger partial charge >= 0.3 is 12.0 Å². The average molecular weight is 375 g/mol. The fourth-order valence-electron chi connectivity index (χ4n) is 4.34. The summed E-state index contributed by atoms with van der Waals surface area (Å²) < 4.78 is 21.4. The summed E-state index contributed by atoms with van der Waals surface area (Å²) in [7, 11) is 4.73. The second-order valence-electron chi connectivity index (χ2n) is 7.15. The van der Waals surface area contributed by atoms with Gasteiger partial charge in [-0.3, -0.25) is 4.79 Å². The molecule has 1 aromatic heterocycles. The normalized spacial score (nSPS) is 26.0. The number of ether oxygens (including phenoxy) is 3. The van der Waals surface area contributed by atoms with Crippen LogP contribution < -0.4 is 14.4 Å². The first-order valence-corrected chi connectivity index (χ1v) is 8.53. The molecule has 0 spiro atoms. The minimum Gasteiger partial charge on any atom is -0.493 e. The number of fused-ring (bicyclic) bond motifs is 1. The molecule has 0 unspecified atom stereocenters. The topological polar surface area (TPSA) is 107 Å². The van der Waals surface area contributed by atoms with Crippen molar-refractivity contribution in [1.82, 2.24) is 10.1 Å². The Kier molecular flexibility index (Phi) is 3.99. The first kappa shape index (κ1) is 17.6. The molecule has 2 aromatic rings. The fraction of sp³-hybridized carbons (Fsp3) is 0.500.